The quantitative estimate of drug-likeness (QED) is 0.691. The van der Waals surface area contributed by atoms with Crippen LogP contribution in [-0.2, 0) is 32.2 Å². The van der Waals surface area contributed by atoms with E-state index in [2.05, 4.69) is 0 Å². The monoisotopic (exact) mass is 416 g/mol. The number of esters is 2. The van der Waals surface area contributed by atoms with Crippen molar-refractivity contribution in [1.82, 2.24) is 0 Å². The van der Waals surface area contributed by atoms with Crippen LogP contribution in [0, 0.1) is 0 Å². The van der Waals surface area contributed by atoms with Gasteiger partial charge in [0, 0.05) is 0 Å². The van der Waals surface area contributed by atoms with Crippen LogP contribution in [-0.4, -0.2) is 52.6 Å². The fourth-order valence-electron chi connectivity index (χ4n) is 3.07. The van der Waals surface area contributed by atoms with Crippen LogP contribution in [0.3, 0.4) is 0 Å². The molecule has 2 heterocycles. The number of ether oxygens (including phenoxy) is 6. The van der Waals surface area contributed by atoms with Crippen molar-refractivity contribution in [3.8, 4) is 11.5 Å². The molecule has 8 nitrogen and oxygen atoms in total. The second-order valence-corrected chi connectivity index (χ2v) is 6.37. The molecule has 0 spiro atoms. The minimum atomic E-state index is -0.648. The molecule has 0 aliphatic carbocycles. The fraction of sp³-hybridized carbons (Fsp3) is 0.364. The van der Waals surface area contributed by atoms with Crippen LogP contribution < -0.4 is 9.47 Å². The number of para-hydroxylation sites is 2. The summed E-state index contributed by atoms with van der Waals surface area (Å²) in [7, 11) is 2.51. The summed E-state index contributed by atoms with van der Waals surface area (Å²) in [6.45, 7) is 1.30. The van der Waals surface area contributed by atoms with E-state index in [1.54, 1.807) is 12.1 Å². The van der Waals surface area contributed by atoms with Crippen molar-refractivity contribution in [2.45, 2.75) is 13.2 Å². The van der Waals surface area contributed by atoms with Gasteiger partial charge in [0.15, 0.2) is 11.5 Å². The molecule has 4 rings (SSSR count). The van der Waals surface area contributed by atoms with Crippen LogP contribution >= 0.6 is 0 Å². The van der Waals surface area contributed by atoms with Gasteiger partial charge in [-0.25, -0.2) is 9.59 Å². The summed E-state index contributed by atoms with van der Waals surface area (Å²) in [4.78, 5) is 24.9. The Labute approximate surface area is 174 Å². The van der Waals surface area contributed by atoms with Gasteiger partial charge in [0.2, 0.25) is 0 Å². The largest absolute Gasteiger partial charge is 0.487 e. The normalized spacial score (nSPS) is 14.7. The first-order valence-corrected chi connectivity index (χ1v) is 9.47. The lowest BCUT2D eigenvalue weighted by molar-refractivity contribution is 0.0531. The molecule has 160 valence electrons. The van der Waals surface area contributed by atoms with Crippen molar-refractivity contribution in [1.29, 1.82) is 0 Å². The lowest BCUT2D eigenvalue weighted by atomic mass is 9.96. The molecular formula is C22H24O8. The molecule has 0 saturated heterocycles. The topological polar surface area (TPSA) is 89.5 Å². The zero-order valence-electron chi connectivity index (χ0n) is 17.0. The van der Waals surface area contributed by atoms with Crippen molar-refractivity contribution in [3.63, 3.8) is 0 Å². The predicted octanol–water partition coefficient (Wildman–Crippen LogP) is 2.76. The highest BCUT2D eigenvalue weighted by Gasteiger charge is 2.26. The molecule has 2 aliphatic heterocycles. The highest BCUT2D eigenvalue weighted by atomic mass is 16.6. The van der Waals surface area contributed by atoms with E-state index >= 15 is 0 Å². The van der Waals surface area contributed by atoms with Gasteiger partial charge >= 0.3 is 11.9 Å². The number of fused-ring (bicyclic) bond motifs is 10. The highest BCUT2D eigenvalue weighted by molar-refractivity contribution is 6.05. The second-order valence-electron chi connectivity index (χ2n) is 6.37. The number of benzene rings is 2. The Balaban J connectivity index is 1.90. The number of rotatable bonds is 2. The van der Waals surface area contributed by atoms with Crippen molar-refractivity contribution >= 4 is 11.9 Å². The van der Waals surface area contributed by atoms with Gasteiger partial charge in [0.25, 0.3) is 0 Å². The number of hydrogen-bond donors (Lipinski definition) is 0. The molecule has 2 bridgehead atoms. The van der Waals surface area contributed by atoms with E-state index in [0.717, 1.165) is 0 Å². The van der Waals surface area contributed by atoms with Crippen LogP contribution in [0.25, 0.3) is 0 Å². The Hall–Kier alpha value is -3.10. The maximum absolute atomic E-state index is 12.5. The molecule has 0 amide bonds. The third-order valence-corrected chi connectivity index (χ3v) is 4.49. The van der Waals surface area contributed by atoms with Gasteiger partial charge in [-0.05, 0) is 23.3 Å². The third kappa shape index (κ3) is 5.08. The number of carbonyl (C=O) groups excluding carboxylic acids is 2. The maximum Gasteiger partial charge on any atom is 0.339 e. The first-order chi connectivity index (χ1) is 14.7. The zero-order valence-corrected chi connectivity index (χ0v) is 17.0. The van der Waals surface area contributed by atoms with Crippen molar-refractivity contribution < 1.29 is 38.0 Å². The molecule has 0 atom stereocenters. The van der Waals surface area contributed by atoms with Gasteiger partial charge in [0.1, 0.15) is 13.2 Å². The Morgan fingerprint density at radius 3 is 1.53 bits per heavy atom. The van der Waals surface area contributed by atoms with Crippen LogP contribution in [0.5, 0.6) is 11.5 Å². The van der Waals surface area contributed by atoms with Gasteiger partial charge in [0.05, 0.1) is 51.8 Å². The SMILES string of the molecule is COC(=O)c1c2ccc(c1C(=O)OC)COCCOc1ccccc1OCCOC2. The highest BCUT2D eigenvalue weighted by Crippen LogP contribution is 2.27. The predicted molar refractivity (Wildman–Crippen MR) is 106 cm³/mol. The average molecular weight is 416 g/mol. The molecule has 2 aromatic rings. The molecule has 8 heteroatoms. The van der Waals surface area contributed by atoms with Crippen molar-refractivity contribution in [2.24, 2.45) is 0 Å². The van der Waals surface area contributed by atoms with Crippen LogP contribution in [0.4, 0.5) is 0 Å². The molecule has 0 saturated carbocycles. The molecule has 0 unspecified atom stereocenters. The Morgan fingerprint density at radius 2 is 1.13 bits per heavy atom. The molecule has 0 aromatic heterocycles. The standard InChI is InChI=1S/C22H24O8/c1-25-21(23)19-15-7-8-16(20(19)22(24)26-2)14-28-10-12-30-18-6-4-3-5-17(18)29-11-9-27-13-15/h3-8H,9-14H2,1-2H3. The van der Waals surface area contributed by atoms with E-state index in [1.807, 2.05) is 24.3 Å². The molecule has 2 aliphatic rings. The Kier molecular flexibility index (Phi) is 7.64. The van der Waals surface area contributed by atoms with Gasteiger partial charge < -0.3 is 28.4 Å². The smallest absolute Gasteiger partial charge is 0.339 e. The summed E-state index contributed by atoms with van der Waals surface area (Å²) < 4.78 is 32.6. The first kappa shape index (κ1) is 21.6. The van der Waals surface area contributed by atoms with E-state index in [4.69, 9.17) is 28.4 Å². The summed E-state index contributed by atoms with van der Waals surface area (Å²) in [6.07, 6.45) is 0. The van der Waals surface area contributed by atoms with Gasteiger partial charge in [-0.1, -0.05) is 24.3 Å². The number of hydrogen-bond acceptors (Lipinski definition) is 8. The van der Waals surface area contributed by atoms with Crippen LogP contribution in [0.15, 0.2) is 36.4 Å². The Bertz CT molecular complexity index is 821. The summed E-state index contributed by atoms with van der Waals surface area (Å²) in [6, 6.07) is 10.8. The third-order valence-electron chi connectivity index (χ3n) is 4.49. The summed E-state index contributed by atoms with van der Waals surface area (Å²) in [5.41, 5.74) is 1.25. The van der Waals surface area contributed by atoms with E-state index in [9.17, 15) is 9.59 Å². The number of methoxy groups -OCH3 is 2. The lowest BCUT2D eigenvalue weighted by Gasteiger charge is -2.18. The van der Waals surface area contributed by atoms with Gasteiger partial charge in [-0.3, -0.25) is 0 Å². The lowest BCUT2D eigenvalue weighted by Crippen LogP contribution is -2.19. The number of carbonyl (C=O) groups is 2. The van der Waals surface area contributed by atoms with Crippen LogP contribution in [0.1, 0.15) is 31.8 Å². The molecule has 0 radical (unpaired) electrons. The van der Waals surface area contributed by atoms with Crippen molar-refractivity contribution in [3.05, 3.63) is 58.7 Å². The maximum atomic E-state index is 12.5. The molecule has 0 N–H and O–H groups in total. The van der Waals surface area contributed by atoms with E-state index in [1.165, 1.54) is 14.2 Å². The molecular weight excluding hydrogens is 392 g/mol. The van der Waals surface area contributed by atoms with Gasteiger partial charge in [-0.15, -0.1) is 0 Å². The first-order valence-electron chi connectivity index (χ1n) is 9.47. The van der Waals surface area contributed by atoms with Crippen LogP contribution in [0.2, 0.25) is 0 Å². The zero-order chi connectivity index (χ0) is 21.3. The summed E-state index contributed by atoms with van der Waals surface area (Å²) in [5, 5.41) is 0. The van der Waals surface area contributed by atoms with E-state index in [-0.39, 0.29) is 50.8 Å². The average Bonchev–Trinajstić information content (AvgIpc) is 2.77. The van der Waals surface area contributed by atoms with Crippen molar-refractivity contribution in [2.75, 3.05) is 40.6 Å². The van der Waals surface area contributed by atoms with E-state index in [0.29, 0.717) is 22.6 Å². The minimum Gasteiger partial charge on any atom is -0.487 e. The molecule has 2 aromatic carbocycles. The fourth-order valence-corrected chi connectivity index (χ4v) is 3.07. The summed E-state index contributed by atoms with van der Waals surface area (Å²) in [5.74, 6) is -0.0736. The van der Waals surface area contributed by atoms with E-state index < -0.39 is 11.9 Å². The van der Waals surface area contributed by atoms with Gasteiger partial charge in [-0.2, -0.15) is 0 Å². The molecule has 30 heavy (non-hydrogen) atoms. The minimum absolute atomic E-state index is 0.0943. The molecule has 0 fully saturated rings. The summed E-state index contributed by atoms with van der Waals surface area (Å²) >= 11 is 0. The Morgan fingerprint density at radius 1 is 0.700 bits per heavy atom. The second kappa shape index (κ2) is 10.6.